The first kappa shape index (κ1) is 12.2. The molecule has 5 nitrogen and oxygen atoms in total. The smallest absolute Gasteiger partial charge is 0.279 e. The number of halogens is 1. The van der Waals surface area contributed by atoms with Crippen molar-refractivity contribution in [3.05, 3.63) is 26.2 Å². The fourth-order valence-corrected chi connectivity index (χ4v) is 3.39. The molecular weight excluding hydrogens is 363 g/mol. The number of hydrogen-bond donors (Lipinski definition) is 0. The van der Waals surface area contributed by atoms with Crippen molar-refractivity contribution in [2.45, 2.75) is 24.7 Å². The molecule has 0 fully saturated rings. The molecule has 3 heterocycles. The van der Waals surface area contributed by atoms with Crippen molar-refractivity contribution in [2.24, 2.45) is 0 Å². The molecule has 1 aliphatic rings. The van der Waals surface area contributed by atoms with Crippen molar-refractivity contribution in [1.82, 2.24) is 19.3 Å². The molecule has 2 aromatic rings. The van der Waals surface area contributed by atoms with E-state index in [9.17, 15) is 4.79 Å². The van der Waals surface area contributed by atoms with Crippen LogP contribution in [0.2, 0.25) is 0 Å². The summed E-state index contributed by atoms with van der Waals surface area (Å²) in [6.07, 6.45) is 4.70. The molecule has 0 amide bonds. The molecule has 18 heavy (non-hydrogen) atoms. The van der Waals surface area contributed by atoms with Gasteiger partial charge < -0.3 is 0 Å². The Kier molecular flexibility index (Phi) is 3.18. The molecule has 3 rings (SSSR count). The van der Waals surface area contributed by atoms with E-state index in [0.29, 0.717) is 0 Å². The minimum atomic E-state index is 0.0902. The molecule has 0 unspecified atom stereocenters. The average Bonchev–Trinajstić information content (AvgIpc) is 2.94. The summed E-state index contributed by atoms with van der Waals surface area (Å²) < 4.78 is 4.59. The summed E-state index contributed by atoms with van der Waals surface area (Å²) in [5.74, 6) is 0. The van der Waals surface area contributed by atoms with Gasteiger partial charge in [-0.05, 0) is 41.3 Å². The molecule has 0 N–H and O–H groups in total. The molecule has 2 aromatic heterocycles. The van der Waals surface area contributed by atoms with Gasteiger partial charge in [-0.2, -0.15) is 0 Å². The summed E-state index contributed by atoms with van der Waals surface area (Å²) in [7, 11) is 0. The molecule has 0 saturated heterocycles. The van der Waals surface area contributed by atoms with Gasteiger partial charge in [0, 0.05) is 19.3 Å². The maximum absolute atomic E-state index is 12.1. The van der Waals surface area contributed by atoms with E-state index in [-0.39, 0.29) is 5.56 Å². The lowest BCUT2D eigenvalue weighted by Crippen LogP contribution is -2.17. The van der Waals surface area contributed by atoms with Gasteiger partial charge in [0.15, 0.2) is 5.16 Å². The molecule has 7 heteroatoms. The maximum atomic E-state index is 12.1. The van der Waals surface area contributed by atoms with Gasteiger partial charge in [0.05, 0.1) is 5.69 Å². The predicted octanol–water partition coefficient (Wildman–Crippen LogP) is 1.84. The third-order valence-electron chi connectivity index (χ3n) is 2.98. The van der Waals surface area contributed by atoms with Gasteiger partial charge in [-0.3, -0.25) is 9.48 Å². The van der Waals surface area contributed by atoms with E-state index in [4.69, 9.17) is 0 Å². The van der Waals surface area contributed by atoms with Gasteiger partial charge in [0.2, 0.25) is 0 Å². The van der Waals surface area contributed by atoms with Gasteiger partial charge in [-0.15, -0.1) is 0 Å². The first-order chi connectivity index (χ1) is 8.72. The normalized spacial score (nSPS) is 13.9. The van der Waals surface area contributed by atoms with Crippen LogP contribution in [0, 0.1) is 3.57 Å². The van der Waals surface area contributed by atoms with Crippen LogP contribution in [0.1, 0.15) is 6.42 Å². The molecule has 0 bridgehead atoms. The van der Waals surface area contributed by atoms with E-state index in [1.807, 2.05) is 17.0 Å². The van der Waals surface area contributed by atoms with Crippen molar-refractivity contribution in [2.75, 3.05) is 6.26 Å². The largest absolute Gasteiger partial charge is 0.280 e. The van der Waals surface area contributed by atoms with Gasteiger partial charge >= 0.3 is 0 Å². The predicted molar refractivity (Wildman–Crippen MR) is 78.8 cm³/mol. The Balaban J connectivity index is 2.23. The minimum absolute atomic E-state index is 0.0902. The van der Waals surface area contributed by atoms with Crippen LogP contribution in [-0.4, -0.2) is 25.6 Å². The lowest BCUT2D eigenvalue weighted by atomic mass is 10.3. The molecule has 0 saturated carbocycles. The lowest BCUT2D eigenvalue weighted by Gasteiger charge is -2.06. The number of aromatic nitrogens is 4. The molecule has 1 aliphatic heterocycles. The van der Waals surface area contributed by atoms with Crippen LogP contribution >= 0.6 is 34.4 Å². The first-order valence-electron chi connectivity index (χ1n) is 5.59. The molecule has 0 aromatic carbocycles. The fraction of sp³-hybridized carbons (Fsp3) is 0.364. The van der Waals surface area contributed by atoms with E-state index < -0.39 is 0 Å². The molecule has 94 valence electrons. The number of fused-ring (bicyclic) bond motifs is 1. The summed E-state index contributed by atoms with van der Waals surface area (Å²) in [5.41, 5.74) is 1.85. The standard InChI is InChI=1S/C11H11IN4OS/c1-18-11-13-4-3-7(14-11)9-8(12)10(17)16-6-2-5-15(9)16/h3-4H,2,5-6H2,1H3. The molecule has 0 radical (unpaired) electrons. The topological polar surface area (TPSA) is 52.7 Å². The highest BCUT2D eigenvalue weighted by molar-refractivity contribution is 14.1. The SMILES string of the molecule is CSc1nccc(-c2c(I)c(=O)n3n2CCC3)n1. The van der Waals surface area contributed by atoms with E-state index >= 15 is 0 Å². The second-order valence-electron chi connectivity index (χ2n) is 4.00. The fourth-order valence-electron chi connectivity index (χ4n) is 2.20. The van der Waals surface area contributed by atoms with Crippen molar-refractivity contribution < 1.29 is 0 Å². The molecular formula is C11H11IN4OS. The Labute approximate surface area is 122 Å². The summed E-state index contributed by atoms with van der Waals surface area (Å²) >= 11 is 3.62. The van der Waals surface area contributed by atoms with Gasteiger partial charge in [-0.1, -0.05) is 11.8 Å². The second-order valence-corrected chi connectivity index (χ2v) is 5.85. The van der Waals surface area contributed by atoms with Crippen LogP contribution in [0.3, 0.4) is 0 Å². The van der Waals surface area contributed by atoms with Crippen LogP contribution in [0.25, 0.3) is 11.4 Å². The lowest BCUT2D eigenvalue weighted by molar-refractivity contribution is 0.598. The Bertz CT molecular complexity index is 664. The third-order valence-corrected chi connectivity index (χ3v) is 4.51. The number of thioether (sulfide) groups is 1. The minimum Gasteiger partial charge on any atom is -0.279 e. The van der Waals surface area contributed by atoms with Crippen LogP contribution in [0.15, 0.2) is 22.2 Å². The van der Waals surface area contributed by atoms with Crippen molar-refractivity contribution in [1.29, 1.82) is 0 Å². The molecule has 0 aliphatic carbocycles. The monoisotopic (exact) mass is 374 g/mol. The second kappa shape index (κ2) is 4.69. The third kappa shape index (κ3) is 1.80. The number of rotatable bonds is 2. The highest BCUT2D eigenvalue weighted by Gasteiger charge is 2.23. The molecule has 0 spiro atoms. The van der Waals surface area contributed by atoms with E-state index in [1.165, 1.54) is 11.8 Å². The Morgan fingerprint density at radius 1 is 1.39 bits per heavy atom. The summed E-state index contributed by atoms with van der Waals surface area (Å²) in [6.45, 7) is 1.68. The maximum Gasteiger partial charge on any atom is 0.280 e. The number of hydrogen-bond acceptors (Lipinski definition) is 4. The summed E-state index contributed by atoms with van der Waals surface area (Å²) in [5, 5.41) is 0.731. The zero-order chi connectivity index (χ0) is 12.7. The van der Waals surface area contributed by atoms with E-state index in [2.05, 4.69) is 32.6 Å². The van der Waals surface area contributed by atoms with Crippen LogP contribution < -0.4 is 5.56 Å². The van der Waals surface area contributed by atoms with E-state index in [1.54, 1.807) is 10.9 Å². The van der Waals surface area contributed by atoms with Gasteiger partial charge in [-0.25, -0.2) is 14.6 Å². The number of nitrogens with zero attached hydrogens (tertiary/aromatic N) is 4. The van der Waals surface area contributed by atoms with Gasteiger partial charge in [0.1, 0.15) is 9.26 Å². The Hall–Kier alpha value is -0.830. The Morgan fingerprint density at radius 2 is 2.17 bits per heavy atom. The van der Waals surface area contributed by atoms with E-state index in [0.717, 1.165) is 39.6 Å². The highest BCUT2D eigenvalue weighted by atomic mass is 127. The summed E-state index contributed by atoms with van der Waals surface area (Å²) in [4.78, 5) is 20.8. The average molecular weight is 374 g/mol. The molecule has 0 atom stereocenters. The van der Waals surface area contributed by atoms with Gasteiger partial charge in [0.25, 0.3) is 5.56 Å². The van der Waals surface area contributed by atoms with Crippen molar-refractivity contribution >= 4 is 34.4 Å². The summed E-state index contributed by atoms with van der Waals surface area (Å²) in [6, 6.07) is 1.86. The highest BCUT2D eigenvalue weighted by Crippen LogP contribution is 2.25. The van der Waals surface area contributed by atoms with Crippen molar-refractivity contribution in [3.63, 3.8) is 0 Å². The first-order valence-corrected chi connectivity index (χ1v) is 7.89. The van der Waals surface area contributed by atoms with Crippen molar-refractivity contribution in [3.8, 4) is 11.4 Å². The zero-order valence-electron chi connectivity index (χ0n) is 9.76. The van der Waals surface area contributed by atoms with Crippen LogP contribution in [0.5, 0.6) is 0 Å². The zero-order valence-corrected chi connectivity index (χ0v) is 12.7. The quantitative estimate of drug-likeness (QED) is 0.457. The van der Waals surface area contributed by atoms with Crippen LogP contribution in [0.4, 0.5) is 0 Å². The Morgan fingerprint density at radius 3 is 2.94 bits per heavy atom. The van der Waals surface area contributed by atoms with Crippen LogP contribution in [-0.2, 0) is 13.1 Å².